The summed E-state index contributed by atoms with van der Waals surface area (Å²) in [5.41, 5.74) is 4.59. The molecule has 4 atom stereocenters. The number of aromatic nitrogens is 4. The average Bonchev–Trinajstić information content (AvgIpc) is 4.07. The van der Waals surface area contributed by atoms with Crippen molar-refractivity contribution in [2.45, 2.75) is 71.6 Å². The maximum absolute atomic E-state index is 13.8. The fourth-order valence-electron chi connectivity index (χ4n) is 7.20. The van der Waals surface area contributed by atoms with Crippen molar-refractivity contribution in [3.63, 3.8) is 0 Å². The van der Waals surface area contributed by atoms with Gasteiger partial charge in [-0.2, -0.15) is 0 Å². The zero-order valence-electron chi connectivity index (χ0n) is 37.0. The number of aromatic amines is 2. The number of nitrogens with zero attached hydrogens (tertiary/aromatic N) is 3. The van der Waals surface area contributed by atoms with Crippen LogP contribution in [0.2, 0.25) is 0 Å². The monoisotopic (exact) mass is 860 g/mol. The van der Waals surface area contributed by atoms with Crippen LogP contribution in [0.25, 0.3) is 33.6 Å². The molecule has 336 valence electrons. The number of carbonyl (C=O) groups excluding carboxylic acids is 4. The van der Waals surface area contributed by atoms with Crippen molar-refractivity contribution >= 4 is 24.0 Å². The summed E-state index contributed by atoms with van der Waals surface area (Å²) < 4.78 is 33.0. The molecule has 1 aliphatic heterocycles. The first-order valence-corrected chi connectivity index (χ1v) is 20.7. The lowest BCUT2D eigenvalue weighted by Gasteiger charge is -2.30. The molecule has 1 saturated heterocycles. The van der Waals surface area contributed by atoms with Crippen LogP contribution in [0.4, 0.5) is 9.59 Å². The molecule has 1 aliphatic rings. The summed E-state index contributed by atoms with van der Waals surface area (Å²) in [5.74, 6) is 1.25. The number of hydrogen-bond donors (Lipinski definition) is 5. The van der Waals surface area contributed by atoms with Gasteiger partial charge in [-0.3, -0.25) is 9.59 Å². The summed E-state index contributed by atoms with van der Waals surface area (Å²) in [6, 6.07) is 9.44. The highest BCUT2D eigenvalue weighted by Gasteiger charge is 2.38. The van der Waals surface area contributed by atoms with Crippen LogP contribution in [-0.4, -0.2) is 122 Å². The number of amides is 4. The number of rotatable bonds is 20. The van der Waals surface area contributed by atoms with Crippen LogP contribution in [0.1, 0.15) is 71.2 Å². The first kappa shape index (κ1) is 46.9. The predicted molar refractivity (Wildman–Crippen MR) is 230 cm³/mol. The minimum Gasteiger partial charge on any atom is -0.487 e. The molecule has 3 heterocycles. The number of ether oxygens (including phenoxy) is 6. The molecule has 62 heavy (non-hydrogen) atoms. The normalized spacial score (nSPS) is 15.2. The molecule has 18 heteroatoms. The van der Waals surface area contributed by atoms with Gasteiger partial charge in [-0.15, -0.1) is 0 Å². The van der Waals surface area contributed by atoms with Crippen molar-refractivity contribution in [3.05, 3.63) is 60.4 Å². The fourth-order valence-corrected chi connectivity index (χ4v) is 7.20. The quantitative estimate of drug-likeness (QED) is 0.0668. The predicted octanol–water partition coefficient (Wildman–Crippen LogP) is 5.79. The third-order valence-electron chi connectivity index (χ3n) is 10.6. The molecular weight excluding hydrogens is 801 g/mol. The Bertz CT molecular complexity index is 2120. The zero-order chi connectivity index (χ0) is 44.9. The first-order valence-electron chi connectivity index (χ1n) is 20.7. The van der Waals surface area contributed by atoms with E-state index in [2.05, 4.69) is 35.6 Å². The highest BCUT2D eigenvalue weighted by atomic mass is 16.6. The number of hydrogen-bond acceptors (Lipinski definition) is 12. The smallest absolute Gasteiger partial charge is 0.407 e. The van der Waals surface area contributed by atoms with Crippen LogP contribution >= 0.6 is 0 Å². The van der Waals surface area contributed by atoms with Crippen LogP contribution in [0.15, 0.2) is 48.8 Å². The van der Waals surface area contributed by atoms with Gasteiger partial charge in [-0.25, -0.2) is 19.6 Å². The lowest BCUT2D eigenvalue weighted by atomic mass is 9.98. The average molecular weight is 861 g/mol. The van der Waals surface area contributed by atoms with Crippen molar-refractivity contribution in [3.8, 4) is 45.1 Å². The van der Waals surface area contributed by atoms with E-state index in [0.29, 0.717) is 60.6 Å². The number of carbonyl (C=O) groups is 4. The summed E-state index contributed by atoms with van der Waals surface area (Å²) >= 11 is 0. The third kappa shape index (κ3) is 11.4. The van der Waals surface area contributed by atoms with Gasteiger partial charge in [0.1, 0.15) is 36.9 Å². The Balaban J connectivity index is 1.43. The standard InChI is InChI=1S/C44H60N8O10/c1-25(2)35(50-43(55)59-8)41(53)47-27(5)39-45-23-32(48-39)29-14-12-28(13-15-29)30-16-17-31(38(62-22-20-58-7)37(30)61-21-19-57-6)33-24-46-40(49-33)34-11-10-18-52(34)42(54)36(26(3)4)51-44(56)60-9/h12-17,23-27,34-36H,10-11,18-22H2,1-9H3,(H,45,48)(H,46,49)(H,47,53)(H,50,55)(H,51,56)/t27-,34-,35-,36-/m0/s1. The lowest BCUT2D eigenvalue weighted by Crippen LogP contribution is -2.51. The topological polar surface area (TPSA) is 220 Å². The van der Waals surface area contributed by atoms with Gasteiger partial charge in [0.05, 0.1) is 63.3 Å². The van der Waals surface area contributed by atoms with E-state index in [1.54, 1.807) is 31.5 Å². The van der Waals surface area contributed by atoms with E-state index in [1.165, 1.54) is 14.2 Å². The Morgan fingerprint density at radius 1 is 0.694 bits per heavy atom. The first-order chi connectivity index (χ1) is 29.8. The largest absolute Gasteiger partial charge is 0.487 e. The summed E-state index contributed by atoms with van der Waals surface area (Å²) in [6.45, 7) is 10.9. The Morgan fingerprint density at radius 2 is 1.26 bits per heavy atom. The Labute approximate surface area is 362 Å². The van der Waals surface area contributed by atoms with Crippen molar-refractivity contribution < 1.29 is 47.6 Å². The van der Waals surface area contributed by atoms with Crippen molar-refractivity contribution in [2.75, 3.05) is 61.4 Å². The van der Waals surface area contributed by atoms with E-state index in [-0.39, 0.29) is 42.9 Å². The van der Waals surface area contributed by atoms with Gasteiger partial charge < -0.3 is 59.2 Å². The highest BCUT2D eigenvalue weighted by molar-refractivity contribution is 5.87. The van der Waals surface area contributed by atoms with E-state index >= 15 is 0 Å². The minimum atomic E-state index is -0.783. The molecule has 18 nitrogen and oxygen atoms in total. The summed E-state index contributed by atoms with van der Waals surface area (Å²) in [4.78, 5) is 68.6. The van der Waals surface area contributed by atoms with Gasteiger partial charge in [-0.1, -0.05) is 52.0 Å². The van der Waals surface area contributed by atoms with Crippen LogP contribution in [-0.2, 0) is 28.5 Å². The molecule has 0 spiro atoms. The number of alkyl carbamates (subject to hydrolysis) is 2. The van der Waals surface area contributed by atoms with Crippen molar-refractivity contribution in [2.24, 2.45) is 11.8 Å². The van der Waals surface area contributed by atoms with Crippen LogP contribution < -0.4 is 25.4 Å². The van der Waals surface area contributed by atoms with E-state index in [9.17, 15) is 19.2 Å². The molecule has 5 rings (SSSR count). The van der Waals surface area contributed by atoms with Gasteiger partial charge in [0, 0.05) is 31.9 Å². The van der Waals surface area contributed by atoms with Gasteiger partial charge in [-0.05, 0) is 54.9 Å². The molecule has 0 bridgehead atoms. The highest BCUT2D eigenvalue weighted by Crippen LogP contribution is 2.45. The fraction of sp³-hybridized carbons (Fsp3) is 0.500. The van der Waals surface area contributed by atoms with E-state index in [1.807, 2.05) is 71.0 Å². The lowest BCUT2D eigenvalue weighted by molar-refractivity contribution is -0.135. The van der Waals surface area contributed by atoms with Crippen LogP contribution in [0, 0.1) is 11.8 Å². The van der Waals surface area contributed by atoms with E-state index in [0.717, 1.165) is 28.8 Å². The van der Waals surface area contributed by atoms with Gasteiger partial charge in [0.25, 0.3) is 0 Å². The molecule has 1 fully saturated rings. The van der Waals surface area contributed by atoms with E-state index < -0.39 is 30.3 Å². The summed E-state index contributed by atoms with van der Waals surface area (Å²) in [6.07, 6.45) is 3.56. The van der Waals surface area contributed by atoms with Crippen molar-refractivity contribution in [1.82, 2.24) is 40.8 Å². The number of H-pyrrole nitrogens is 2. The third-order valence-corrected chi connectivity index (χ3v) is 10.6. The zero-order valence-corrected chi connectivity index (χ0v) is 37.0. The molecule has 0 saturated carbocycles. The molecule has 0 aliphatic carbocycles. The second kappa shape index (κ2) is 22.1. The Hall–Kier alpha value is -6.14. The second-order valence-corrected chi connectivity index (χ2v) is 15.6. The summed E-state index contributed by atoms with van der Waals surface area (Å²) in [7, 11) is 5.73. The van der Waals surface area contributed by atoms with Crippen LogP contribution in [0.3, 0.4) is 0 Å². The molecule has 4 aromatic rings. The number of nitrogens with one attached hydrogen (secondary N) is 5. The van der Waals surface area contributed by atoms with Gasteiger partial charge in [0.2, 0.25) is 11.8 Å². The molecule has 4 amide bonds. The number of methoxy groups -OCH3 is 4. The molecular formula is C44H60N8O10. The van der Waals surface area contributed by atoms with Crippen molar-refractivity contribution in [1.29, 1.82) is 0 Å². The van der Waals surface area contributed by atoms with Gasteiger partial charge >= 0.3 is 12.2 Å². The second-order valence-electron chi connectivity index (χ2n) is 15.6. The van der Waals surface area contributed by atoms with Gasteiger partial charge in [0.15, 0.2) is 11.5 Å². The number of imidazole rings is 2. The van der Waals surface area contributed by atoms with E-state index in [4.69, 9.17) is 28.7 Å². The molecule has 2 aromatic carbocycles. The molecule has 0 radical (unpaired) electrons. The minimum absolute atomic E-state index is 0.163. The SMILES string of the molecule is COCCOc1c(-c2ccc(-c3cnc([C@H](C)NC(=O)[C@@H](NC(=O)OC)C(C)C)[nH]3)cc2)ccc(-c2cnc([C@@H]3CCCN3C(=O)[C@@H](NC(=O)OC)C(C)C)[nH]2)c1OCCOC. The Morgan fingerprint density at radius 3 is 1.85 bits per heavy atom. The maximum Gasteiger partial charge on any atom is 0.407 e. The number of likely N-dealkylation sites (tertiary alicyclic amines) is 1. The maximum atomic E-state index is 13.8. The molecule has 2 aromatic heterocycles. The molecule has 5 N–H and O–H groups in total. The van der Waals surface area contributed by atoms with Crippen LogP contribution in [0.5, 0.6) is 11.5 Å². The Kier molecular flexibility index (Phi) is 16.7. The summed E-state index contributed by atoms with van der Waals surface area (Å²) in [5, 5.41) is 8.20. The number of benzene rings is 2. The molecule has 0 unspecified atom stereocenters.